The largest absolute Gasteiger partial charge is 0.491 e. The maximum atomic E-state index is 13.9. The van der Waals surface area contributed by atoms with Gasteiger partial charge in [0.1, 0.15) is 5.75 Å². The number of nitrogens with one attached hydrogen (secondary N) is 1. The van der Waals surface area contributed by atoms with E-state index in [1.165, 1.54) is 0 Å². The van der Waals surface area contributed by atoms with Crippen molar-refractivity contribution in [1.29, 1.82) is 0 Å². The molecule has 0 bridgehead atoms. The van der Waals surface area contributed by atoms with Gasteiger partial charge >= 0.3 is 0 Å². The summed E-state index contributed by atoms with van der Waals surface area (Å²) in [4.78, 5) is 8.46. The van der Waals surface area contributed by atoms with Gasteiger partial charge in [0, 0.05) is 12.1 Å². The Bertz CT molecular complexity index is 612. The molecule has 4 nitrogen and oxygen atoms in total. The minimum atomic E-state index is -0.402. The zero-order chi connectivity index (χ0) is 15.4. The number of benzene rings is 1. The maximum absolute atomic E-state index is 13.9. The average molecular weight is 289 g/mol. The first kappa shape index (κ1) is 15.2. The molecule has 0 fully saturated rings. The molecule has 0 saturated heterocycles. The van der Waals surface area contributed by atoms with Crippen LogP contribution in [0.1, 0.15) is 26.5 Å². The third-order valence-electron chi connectivity index (χ3n) is 2.85. The molecule has 0 spiro atoms. The van der Waals surface area contributed by atoms with Gasteiger partial charge in [0.2, 0.25) is 0 Å². The fourth-order valence-corrected chi connectivity index (χ4v) is 1.93. The molecule has 1 aromatic heterocycles. The van der Waals surface area contributed by atoms with Gasteiger partial charge in [0.15, 0.2) is 17.5 Å². The lowest BCUT2D eigenvalue weighted by molar-refractivity contribution is 0.242. The van der Waals surface area contributed by atoms with E-state index >= 15 is 0 Å². The van der Waals surface area contributed by atoms with Gasteiger partial charge in [-0.2, -0.15) is 0 Å². The van der Waals surface area contributed by atoms with Crippen molar-refractivity contribution in [3.8, 4) is 17.1 Å². The molecule has 0 amide bonds. The predicted molar refractivity (Wildman–Crippen MR) is 82.1 cm³/mol. The fourth-order valence-electron chi connectivity index (χ4n) is 1.93. The Hall–Kier alpha value is -2.17. The predicted octanol–water partition coefficient (Wildman–Crippen LogP) is 3.81. The molecular weight excluding hydrogens is 269 g/mol. The molecule has 2 aromatic rings. The second-order valence-corrected chi connectivity index (χ2v) is 5.02. The molecule has 0 aliphatic rings. The molecule has 0 saturated carbocycles. The Labute approximate surface area is 124 Å². The first-order valence-electron chi connectivity index (χ1n) is 7.06. The third-order valence-corrected chi connectivity index (χ3v) is 2.85. The van der Waals surface area contributed by atoms with Gasteiger partial charge in [-0.25, -0.2) is 14.4 Å². The number of nitrogens with zero attached hydrogens (tertiary/aromatic N) is 2. The number of rotatable bonds is 5. The van der Waals surface area contributed by atoms with E-state index in [0.29, 0.717) is 18.1 Å². The Morgan fingerprint density at radius 1 is 1.19 bits per heavy atom. The lowest BCUT2D eigenvalue weighted by Gasteiger charge is -2.11. The lowest BCUT2D eigenvalue weighted by atomic mass is 10.2. The smallest absolute Gasteiger partial charge is 0.186 e. The standard InChI is InChI=1S/C16H20FN3O/c1-5-18-16-14(17)11(4)19-15(20-16)12-6-8-13(9-7-12)21-10(2)3/h6-10H,5H2,1-4H3,(H,18,19,20). The zero-order valence-electron chi connectivity index (χ0n) is 12.8. The summed E-state index contributed by atoms with van der Waals surface area (Å²) in [6.07, 6.45) is 0.125. The number of ether oxygens (including phenoxy) is 1. The number of anilines is 1. The molecule has 1 heterocycles. The van der Waals surface area contributed by atoms with Crippen LogP contribution in [-0.4, -0.2) is 22.6 Å². The topological polar surface area (TPSA) is 47.0 Å². The normalized spacial score (nSPS) is 10.8. The highest BCUT2D eigenvalue weighted by atomic mass is 19.1. The van der Waals surface area contributed by atoms with E-state index < -0.39 is 5.82 Å². The molecule has 0 atom stereocenters. The highest BCUT2D eigenvalue weighted by Crippen LogP contribution is 2.23. The first-order valence-corrected chi connectivity index (χ1v) is 7.06. The van der Waals surface area contributed by atoms with Crippen molar-refractivity contribution in [1.82, 2.24) is 9.97 Å². The summed E-state index contributed by atoms with van der Waals surface area (Å²) in [6, 6.07) is 7.48. The van der Waals surface area contributed by atoms with E-state index in [9.17, 15) is 4.39 Å². The Balaban J connectivity index is 2.33. The van der Waals surface area contributed by atoms with Gasteiger partial charge in [-0.05, 0) is 52.0 Å². The van der Waals surface area contributed by atoms with Gasteiger partial charge in [0.05, 0.1) is 11.8 Å². The molecule has 21 heavy (non-hydrogen) atoms. The van der Waals surface area contributed by atoms with Crippen molar-refractivity contribution >= 4 is 5.82 Å². The molecule has 0 aliphatic heterocycles. The Morgan fingerprint density at radius 2 is 1.86 bits per heavy atom. The molecule has 112 valence electrons. The molecule has 5 heteroatoms. The summed E-state index contributed by atoms with van der Waals surface area (Å²) in [6.45, 7) is 8.09. The van der Waals surface area contributed by atoms with E-state index in [1.54, 1.807) is 6.92 Å². The quantitative estimate of drug-likeness (QED) is 0.909. The van der Waals surface area contributed by atoms with Gasteiger partial charge in [0.25, 0.3) is 0 Å². The third kappa shape index (κ3) is 3.68. The number of aromatic nitrogens is 2. The molecule has 1 aromatic carbocycles. The summed E-state index contributed by atoms with van der Waals surface area (Å²) < 4.78 is 19.5. The highest BCUT2D eigenvalue weighted by Gasteiger charge is 2.12. The summed E-state index contributed by atoms with van der Waals surface area (Å²) in [5, 5.41) is 2.91. The van der Waals surface area contributed by atoms with Crippen LogP contribution in [0.2, 0.25) is 0 Å². The summed E-state index contributed by atoms with van der Waals surface area (Å²) in [7, 11) is 0. The van der Waals surface area contributed by atoms with Crippen LogP contribution in [0.3, 0.4) is 0 Å². The van der Waals surface area contributed by atoms with Crippen LogP contribution in [0.25, 0.3) is 11.4 Å². The number of hydrogen-bond donors (Lipinski definition) is 1. The highest BCUT2D eigenvalue weighted by molar-refractivity contribution is 5.59. The summed E-state index contributed by atoms with van der Waals surface area (Å²) in [5.74, 6) is 1.13. The van der Waals surface area contributed by atoms with Gasteiger partial charge in [-0.3, -0.25) is 0 Å². The van der Waals surface area contributed by atoms with Crippen LogP contribution in [-0.2, 0) is 0 Å². The van der Waals surface area contributed by atoms with Crippen molar-refractivity contribution in [2.45, 2.75) is 33.8 Å². The van der Waals surface area contributed by atoms with Crippen molar-refractivity contribution in [2.24, 2.45) is 0 Å². The average Bonchev–Trinajstić information content (AvgIpc) is 2.44. The number of aryl methyl sites for hydroxylation is 1. The van der Waals surface area contributed by atoms with Crippen LogP contribution in [0.15, 0.2) is 24.3 Å². The number of halogens is 1. The Kier molecular flexibility index (Phi) is 4.73. The van der Waals surface area contributed by atoms with E-state index in [1.807, 2.05) is 45.0 Å². The van der Waals surface area contributed by atoms with Crippen molar-refractivity contribution < 1.29 is 9.13 Å². The lowest BCUT2D eigenvalue weighted by Crippen LogP contribution is -2.07. The molecule has 2 rings (SSSR count). The van der Waals surface area contributed by atoms with Gasteiger partial charge in [-0.1, -0.05) is 0 Å². The van der Waals surface area contributed by atoms with Crippen LogP contribution >= 0.6 is 0 Å². The van der Waals surface area contributed by atoms with Crippen LogP contribution in [0.4, 0.5) is 10.2 Å². The Morgan fingerprint density at radius 3 is 2.43 bits per heavy atom. The van der Waals surface area contributed by atoms with Gasteiger partial charge < -0.3 is 10.1 Å². The monoisotopic (exact) mass is 289 g/mol. The van der Waals surface area contributed by atoms with Crippen molar-refractivity contribution in [3.63, 3.8) is 0 Å². The zero-order valence-corrected chi connectivity index (χ0v) is 12.8. The maximum Gasteiger partial charge on any atom is 0.186 e. The summed E-state index contributed by atoms with van der Waals surface area (Å²) >= 11 is 0. The summed E-state index contributed by atoms with van der Waals surface area (Å²) in [5.41, 5.74) is 1.16. The molecular formula is C16H20FN3O. The second kappa shape index (κ2) is 6.52. The molecule has 1 N–H and O–H groups in total. The van der Waals surface area contributed by atoms with Crippen LogP contribution in [0, 0.1) is 12.7 Å². The molecule has 0 unspecified atom stereocenters. The van der Waals surface area contributed by atoms with E-state index in [2.05, 4.69) is 15.3 Å². The van der Waals surface area contributed by atoms with E-state index in [-0.39, 0.29) is 11.9 Å². The molecule has 0 aliphatic carbocycles. The van der Waals surface area contributed by atoms with E-state index in [0.717, 1.165) is 11.3 Å². The SMILES string of the molecule is CCNc1nc(-c2ccc(OC(C)C)cc2)nc(C)c1F. The minimum absolute atomic E-state index is 0.125. The molecule has 0 radical (unpaired) electrons. The van der Waals surface area contributed by atoms with Crippen molar-refractivity contribution in [3.05, 3.63) is 35.8 Å². The fraction of sp³-hybridized carbons (Fsp3) is 0.375. The van der Waals surface area contributed by atoms with Gasteiger partial charge in [-0.15, -0.1) is 0 Å². The number of hydrogen-bond acceptors (Lipinski definition) is 4. The minimum Gasteiger partial charge on any atom is -0.491 e. The first-order chi connectivity index (χ1) is 10.0. The van der Waals surface area contributed by atoms with Crippen LogP contribution in [0.5, 0.6) is 5.75 Å². The van der Waals surface area contributed by atoms with Crippen molar-refractivity contribution in [2.75, 3.05) is 11.9 Å². The van der Waals surface area contributed by atoms with E-state index in [4.69, 9.17) is 4.74 Å². The van der Waals surface area contributed by atoms with Crippen LogP contribution < -0.4 is 10.1 Å². The second-order valence-electron chi connectivity index (χ2n) is 5.02.